The fourth-order valence-electron chi connectivity index (χ4n) is 3.04. The first-order chi connectivity index (χ1) is 10.6. The van der Waals surface area contributed by atoms with E-state index in [1.807, 2.05) is 0 Å². The van der Waals surface area contributed by atoms with Crippen LogP contribution in [-0.4, -0.2) is 67.8 Å². The van der Waals surface area contributed by atoms with E-state index in [-0.39, 0.29) is 17.7 Å². The van der Waals surface area contributed by atoms with Crippen molar-refractivity contribution in [1.82, 2.24) is 29.4 Å². The summed E-state index contributed by atoms with van der Waals surface area (Å²) >= 11 is 0. The van der Waals surface area contributed by atoms with Gasteiger partial charge in [-0.1, -0.05) is 0 Å². The summed E-state index contributed by atoms with van der Waals surface area (Å²) in [6.45, 7) is 4.90. The molecule has 9 heteroatoms. The maximum Gasteiger partial charge on any atom is 0.410 e. The van der Waals surface area contributed by atoms with Crippen LogP contribution < -0.4 is 5.56 Å². The molecule has 2 saturated heterocycles. The number of aromatic amines is 1. The Morgan fingerprint density at radius 1 is 1.36 bits per heavy atom. The lowest BCUT2D eigenvalue weighted by Crippen LogP contribution is -2.51. The topological polar surface area (TPSA) is 95.8 Å². The highest BCUT2D eigenvalue weighted by Gasteiger charge is 2.37. The molecule has 2 fully saturated rings. The van der Waals surface area contributed by atoms with Crippen LogP contribution in [0.3, 0.4) is 0 Å². The van der Waals surface area contributed by atoms with Gasteiger partial charge < -0.3 is 4.74 Å². The van der Waals surface area contributed by atoms with Crippen molar-refractivity contribution >= 4 is 11.9 Å². The maximum atomic E-state index is 12.0. The van der Waals surface area contributed by atoms with E-state index < -0.39 is 0 Å². The van der Waals surface area contributed by atoms with E-state index in [4.69, 9.17) is 4.74 Å². The molecule has 1 atom stereocenters. The normalized spacial score (nSPS) is 22.1. The average molecular weight is 304 g/mol. The molecule has 1 amide bonds. The van der Waals surface area contributed by atoms with Crippen LogP contribution in [0.1, 0.15) is 11.5 Å². The molecule has 0 unspecified atom stereocenters. The van der Waals surface area contributed by atoms with Gasteiger partial charge in [-0.15, -0.1) is 0 Å². The van der Waals surface area contributed by atoms with Crippen LogP contribution in [0.15, 0.2) is 10.9 Å². The highest BCUT2D eigenvalue weighted by molar-refractivity contribution is 5.70. The van der Waals surface area contributed by atoms with Gasteiger partial charge in [0.25, 0.3) is 11.3 Å². The first kappa shape index (κ1) is 13.3. The number of rotatable bonds is 2. The summed E-state index contributed by atoms with van der Waals surface area (Å²) in [5, 5.41) is 2.85. The van der Waals surface area contributed by atoms with Gasteiger partial charge in [0.15, 0.2) is 0 Å². The molecular weight excluding hydrogens is 288 g/mol. The van der Waals surface area contributed by atoms with Gasteiger partial charge in [-0.05, 0) is 6.92 Å². The fraction of sp³-hybridized carbons (Fsp3) is 0.538. The third-order valence-corrected chi connectivity index (χ3v) is 4.08. The largest absolute Gasteiger partial charge is 0.447 e. The zero-order chi connectivity index (χ0) is 15.3. The molecule has 116 valence electrons. The number of nitrogens with one attached hydrogen (secondary N) is 1. The van der Waals surface area contributed by atoms with E-state index in [9.17, 15) is 9.59 Å². The van der Waals surface area contributed by atoms with Gasteiger partial charge in [0.1, 0.15) is 12.4 Å². The average Bonchev–Trinajstić information content (AvgIpc) is 3.02. The van der Waals surface area contributed by atoms with Crippen LogP contribution in [0.25, 0.3) is 5.78 Å². The molecular formula is C13H16N6O3. The van der Waals surface area contributed by atoms with Crippen LogP contribution in [0.5, 0.6) is 0 Å². The Labute approximate surface area is 125 Å². The van der Waals surface area contributed by atoms with E-state index in [0.717, 1.165) is 13.1 Å². The Morgan fingerprint density at radius 3 is 3.09 bits per heavy atom. The minimum absolute atomic E-state index is 0.0960. The standard InChI is InChI=1S/C13H16N6O3/c1-8-14-12-15-9(4-11(20)19(12)16-8)5-17-2-3-18-10(6-17)7-22-13(18)21/h4,10H,2-3,5-7H2,1H3,(H,14,15,16)/t10-/m0/s1. The van der Waals surface area contributed by atoms with Crippen LogP contribution in [0.4, 0.5) is 4.79 Å². The van der Waals surface area contributed by atoms with Crippen molar-refractivity contribution in [2.75, 3.05) is 26.2 Å². The summed E-state index contributed by atoms with van der Waals surface area (Å²) in [6, 6.07) is 1.62. The first-order valence-corrected chi connectivity index (χ1v) is 7.21. The third kappa shape index (κ3) is 2.13. The van der Waals surface area contributed by atoms with Gasteiger partial charge in [0.05, 0.1) is 11.7 Å². The predicted molar refractivity (Wildman–Crippen MR) is 75.5 cm³/mol. The summed E-state index contributed by atoms with van der Waals surface area (Å²) < 4.78 is 6.39. The van der Waals surface area contributed by atoms with Crippen molar-refractivity contribution in [2.45, 2.75) is 19.5 Å². The minimum atomic E-state index is -0.227. The maximum absolute atomic E-state index is 12.0. The highest BCUT2D eigenvalue weighted by Crippen LogP contribution is 2.18. The molecule has 0 radical (unpaired) electrons. The number of aryl methyl sites for hydroxylation is 1. The number of piperazine rings is 1. The minimum Gasteiger partial charge on any atom is -0.447 e. The van der Waals surface area contributed by atoms with Gasteiger partial charge in [0, 0.05) is 32.2 Å². The second kappa shape index (κ2) is 4.80. The zero-order valence-electron chi connectivity index (χ0n) is 12.2. The number of cyclic esters (lactones) is 1. The van der Waals surface area contributed by atoms with Crippen molar-refractivity contribution in [3.05, 3.63) is 27.9 Å². The molecule has 2 aliphatic heterocycles. The van der Waals surface area contributed by atoms with Crippen LogP contribution in [0, 0.1) is 6.92 Å². The van der Waals surface area contributed by atoms with E-state index in [1.165, 1.54) is 10.6 Å². The fourth-order valence-corrected chi connectivity index (χ4v) is 3.04. The number of hydrogen-bond acceptors (Lipinski definition) is 6. The number of ether oxygens (including phenoxy) is 1. The molecule has 2 aliphatic rings. The second-order valence-electron chi connectivity index (χ2n) is 5.69. The lowest BCUT2D eigenvalue weighted by Gasteiger charge is -2.35. The molecule has 1 N–H and O–H groups in total. The van der Waals surface area contributed by atoms with Gasteiger partial charge in [-0.3, -0.25) is 19.7 Å². The smallest absolute Gasteiger partial charge is 0.410 e. The molecule has 9 nitrogen and oxygen atoms in total. The Morgan fingerprint density at radius 2 is 2.23 bits per heavy atom. The Hall–Kier alpha value is -2.42. The second-order valence-corrected chi connectivity index (χ2v) is 5.69. The molecule has 2 aromatic heterocycles. The Bertz CT molecular complexity index is 797. The van der Waals surface area contributed by atoms with E-state index in [1.54, 1.807) is 11.8 Å². The Kier molecular flexibility index (Phi) is 2.89. The molecule has 22 heavy (non-hydrogen) atoms. The quantitative estimate of drug-likeness (QED) is 0.793. The van der Waals surface area contributed by atoms with Crippen LogP contribution >= 0.6 is 0 Å². The number of fused-ring (bicyclic) bond motifs is 2. The summed E-state index contributed by atoms with van der Waals surface area (Å²) in [7, 11) is 0. The summed E-state index contributed by atoms with van der Waals surface area (Å²) in [5.41, 5.74) is 0.522. The molecule has 0 saturated carbocycles. The molecule has 0 aromatic carbocycles. The van der Waals surface area contributed by atoms with E-state index in [2.05, 4.69) is 20.0 Å². The van der Waals surface area contributed by atoms with Crippen LogP contribution in [0.2, 0.25) is 0 Å². The van der Waals surface area contributed by atoms with Crippen molar-refractivity contribution < 1.29 is 9.53 Å². The van der Waals surface area contributed by atoms with Gasteiger partial charge >= 0.3 is 6.09 Å². The molecule has 4 rings (SSSR count). The van der Waals surface area contributed by atoms with E-state index in [0.29, 0.717) is 37.0 Å². The van der Waals surface area contributed by atoms with Crippen molar-refractivity contribution in [3.63, 3.8) is 0 Å². The van der Waals surface area contributed by atoms with Crippen molar-refractivity contribution in [2.24, 2.45) is 0 Å². The molecule has 0 aliphatic carbocycles. The highest BCUT2D eigenvalue weighted by atomic mass is 16.6. The lowest BCUT2D eigenvalue weighted by atomic mass is 10.2. The van der Waals surface area contributed by atoms with Crippen molar-refractivity contribution in [3.8, 4) is 0 Å². The van der Waals surface area contributed by atoms with E-state index >= 15 is 0 Å². The SMILES string of the molecule is Cc1nc2nc(CN3CCN4C(=O)OC[C@@H]4C3)cc(=O)n2[nH]1. The lowest BCUT2D eigenvalue weighted by molar-refractivity contribution is 0.114. The van der Waals surface area contributed by atoms with Crippen molar-refractivity contribution in [1.29, 1.82) is 0 Å². The number of nitrogens with zero attached hydrogens (tertiary/aromatic N) is 5. The Balaban J connectivity index is 1.54. The zero-order valence-corrected chi connectivity index (χ0v) is 12.2. The number of carbonyl (C=O) groups excluding carboxylic acids is 1. The monoisotopic (exact) mass is 304 g/mol. The molecule has 0 bridgehead atoms. The van der Waals surface area contributed by atoms with Gasteiger partial charge in [-0.2, -0.15) is 9.50 Å². The van der Waals surface area contributed by atoms with Crippen LogP contribution in [-0.2, 0) is 11.3 Å². The predicted octanol–water partition coefficient (Wildman–Crippen LogP) is -0.638. The number of H-pyrrole nitrogens is 1. The molecule has 2 aromatic rings. The summed E-state index contributed by atoms with van der Waals surface area (Å²) in [6.07, 6.45) is -0.227. The number of aromatic nitrogens is 4. The van der Waals surface area contributed by atoms with Gasteiger partial charge in [-0.25, -0.2) is 9.78 Å². The third-order valence-electron chi connectivity index (χ3n) is 4.08. The number of hydrogen-bond donors (Lipinski definition) is 1. The first-order valence-electron chi connectivity index (χ1n) is 7.21. The molecule has 4 heterocycles. The van der Waals surface area contributed by atoms with Gasteiger partial charge in [0.2, 0.25) is 0 Å². The number of amides is 1. The summed E-state index contributed by atoms with van der Waals surface area (Å²) in [5.74, 6) is 1.04. The summed E-state index contributed by atoms with van der Waals surface area (Å²) in [4.78, 5) is 36.1. The molecule has 0 spiro atoms. The number of carbonyl (C=O) groups is 1.